The van der Waals surface area contributed by atoms with Gasteiger partial charge in [-0.1, -0.05) is 6.92 Å². The maximum atomic E-state index is 4.82. The van der Waals surface area contributed by atoms with Crippen LogP contribution in [0.3, 0.4) is 0 Å². The van der Waals surface area contributed by atoms with E-state index in [-0.39, 0.29) is 0 Å². The first-order valence-corrected chi connectivity index (χ1v) is 8.77. The minimum Gasteiger partial charge on any atom is -0.359 e. The van der Waals surface area contributed by atoms with E-state index in [1.165, 1.54) is 29.7 Å². The van der Waals surface area contributed by atoms with Gasteiger partial charge in [-0.3, -0.25) is 4.98 Å². The Morgan fingerprint density at radius 3 is 2.90 bits per heavy atom. The molecule has 0 radical (unpaired) electrons. The van der Waals surface area contributed by atoms with E-state index in [1.807, 2.05) is 0 Å². The van der Waals surface area contributed by atoms with Crippen LogP contribution in [-0.4, -0.2) is 16.0 Å². The molecule has 2 heterocycles. The molecule has 21 heavy (non-hydrogen) atoms. The summed E-state index contributed by atoms with van der Waals surface area (Å²) in [5, 5.41) is 6.60. The molecule has 1 N–H and O–H groups in total. The molecule has 1 atom stereocenters. The topological polar surface area (TPSA) is 37.8 Å². The predicted octanol–water partition coefficient (Wildman–Crippen LogP) is 4.60. The van der Waals surface area contributed by atoms with Gasteiger partial charge < -0.3 is 5.32 Å². The Balaban J connectivity index is 1.90. The minimum absolute atomic E-state index is 0.465. The molecule has 0 bridgehead atoms. The molecule has 0 fully saturated rings. The molecule has 2 aromatic rings. The molecule has 3 rings (SSSR count). The van der Waals surface area contributed by atoms with Gasteiger partial charge in [0, 0.05) is 28.4 Å². The minimum atomic E-state index is 0.465. The van der Waals surface area contributed by atoms with Crippen molar-refractivity contribution in [3.8, 4) is 11.3 Å². The quantitative estimate of drug-likeness (QED) is 0.896. The van der Waals surface area contributed by atoms with E-state index in [9.17, 15) is 0 Å². The lowest BCUT2D eigenvalue weighted by Crippen LogP contribution is -2.13. The number of thiazole rings is 1. The molecule has 2 aromatic heterocycles. The van der Waals surface area contributed by atoms with Crippen molar-refractivity contribution < 1.29 is 0 Å². The molecule has 1 unspecified atom stereocenters. The Bertz CT molecular complexity index is 633. The van der Waals surface area contributed by atoms with Crippen molar-refractivity contribution in [1.82, 2.24) is 9.97 Å². The van der Waals surface area contributed by atoms with Crippen LogP contribution in [0, 0.1) is 6.92 Å². The monoisotopic (exact) mass is 301 g/mol. The number of anilines is 1. The molecule has 1 aliphatic carbocycles. The van der Waals surface area contributed by atoms with Gasteiger partial charge in [-0.05, 0) is 57.6 Å². The standard InChI is InChI=1S/C17H23N3S/c1-4-11(2)18-17-20-16(10-21-17)14-9-13-7-5-6-8-15(13)19-12(14)3/h9-11H,4-8H2,1-3H3,(H,18,20). The number of hydrogen-bond donors (Lipinski definition) is 1. The predicted molar refractivity (Wildman–Crippen MR) is 90.1 cm³/mol. The number of fused-ring (bicyclic) bond motifs is 1. The second-order valence-electron chi connectivity index (χ2n) is 5.93. The van der Waals surface area contributed by atoms with Crippen molar-refractivity contribution in [1.29, 1.82) is 0 Å². The van der Waals surface area contributed by atoms with Gasteiger partial charge in [-0.2, -0.15) is 0 Å². The summed E-state index contributed by atoms with van der Waals surface area (Å²) in [5.41, 5.74) is 6.09. The number of aryl methyl sites for hydroxylation is 3. The molecule has 4 heteroatoms. The van der Waals surface area contributed by atoms with E-state index < -0.39 is 0 Å². The number of nitrogens with zero attached hydrogens (tertiary/aromatic N) is 2. The van der Waals surface area contributed by atoms with Gasteiger partial charge in [0.25, 0.3) is 0 Å². The maximum Gasteiger partial charge on any atom is 0.183 e. The maximum absolute atomic E-state index is 4.82. The summed E-state index contributed by atoms with van der Waals surface area (Å²) in [4.78, 5) is 9.57. The molecule has 0 aromatic carbocycles. The number of nitrogens with one attached hydrogen (secondary N) is 1. The van der Waals surface area contributed by atoms with Crippen LogP contribution in [0.5, 0.6) is 0 Å². The zero-order chi connectivity index (χ0) is 14.8. The van der Waals surface area contributed by atoms with Gasteiger partial charge in [-0.25, -0.2) is 4.98 Å². The summed E-state index contributed by atoms with van der Waals surface area (Å²) in [6.45, 7) is 6.47. The highest BCUT2D eigenvalue weighted by Crippen LogP contribution is 2.30. The first-order chi connectivity index (χ1) is 10.2. The molecule has 0 saturated carbocycles. The zero-order valence-electron chi connectivity index (χ0n) is 13.1. The number of hydrogen-bond acceptors (Lipinski definition) is 4. The third kappa shape index (κ3) is 3.10. The van der Waals surface area contributed by atoms with Gasteiger partial charge in [0.2, 0.25) is 0 Å². The summed E-state index contributed by atoms with van der Waals surface area (Å²) >= 11 is 1.68. The first-order valence-electron chi connectivity index (χ1n) is 7.89. The molecular formula is C17H23N3S. The van der Waals surface area contributed by atoms with Crippen LogP contribution in [0.4, 0.5) is 5.13 Å². The fourth-order valence-electron chi connectivity index (χ4n) is 2.77. The highest BCUT2D eigenvalue weighted by molar-refractivity contribution is 7.14. The van der Waals surface area contributed by atoms with Gasteiger partial charge in [-0.15, -0.1) is 11.3 Å². The molecular weight excluding hydrogens is 278 g/mol. The van der Waals surface area contributed by atoms with Crippen LogP contribution < -0.4 is 5.32 Å². The van der Waals surface area contributed by atoms with E-state index in [2.05, 4.69) is 37.5 Å². The summed E-state index contributed by atoms with van der Waals surface area (Å²) in [7, 11) is 0. The van der Waals surface area contributed by atoms with Gasteiger partial charge in [0.15, 0.2) is 5.13 Å². The highest BCUT2D eigenvalue weighted by Gasteiger charge is 2.16. The Hall–Kier alpha value is -1.42. The Kier molecular flexibility index (Phi) is 4.24. The van der Waals surface area contributed by atoms with Crippen molar-refractivity contribution in [2.24, 2.45) is 0 Å². The summed E-state index contributed by atoms with van der Waals surface area (Å²) < 4.78 is 0. The third-order valence-electron chi connectivity index (χ3n) is 4.25. The van der Waals surface area contributed by atoms with E-state index in [1.54, 1.807) is 11.3 Å². The summed E-state index contributed by atoms with van der Waals surface area (Å²) in [6, 6.07) is 2.78. The molecule has 3 nitrogen and oxygen atoms in total. The van der Waals surface area contributed by atoms with Gasteiger partial charge in [0.1, 0.15) is 0 Å². The van der Waals surface area contributed by atoms with Crippen LogP contribution in [0.2, 0.25) is 0 Å². The average molecular weight is 301 g/mol. The van der Waals surface area contributed by atoms with Crippen LogP contribution >= 0.6 is 11.3 Å². The van der Waals surface area contributed by atoms with Crippen molar-refractivity contribution in [2.75, 3.05) is 5.32 Å². The molecule has 1 aliphatic rings. The smallest absolute Gasteiger partial charge is 0.183 e. The Labute approximate surface area is 130 Å². The molecule has 0 saturated heterocycles. The molecule has 0 spiro atoms. The Morgan fingerprint density at radius 1 is 1.29 bits per heavy atom. The number of pyridine rings is 1. The van der Waals surface area contributed by atoms with E-state index in [0.29, 0.717) is 6.04 Å². The van der Waals surface area contributed by atoms with Crippen molar-refractivity contribution in [3.63, 3.8) is 0 Å². The normalized spacial score (nSPS) is 15.6. The molecule has 0 amide bonds. The van der Waals surface area contributed by atoms with E-state index in [0.717, 1.165) is 35.8 Å². The molecule has 112 valence electrons. The van der Waals surface area contributed by atoms with Crippen molar-refractivity contribution >= 4 is 16.5 Å². The third-order valence-corrected chi connectivity index (χ3v) is 5.03. The number of rotatable bonds is 4. The summed E-state index contributed by atoms with van der Waals surface area (Å²) in [6.07, 6.45) is 5.97. The largest absolute Gasteiger partial charge is 0.359 e. The van der Waals surface area contributed by atoms with Gasteiger partial charge >= 0.3 is 0 Å². The second-order valence-corrected chi connectivity index (χ2v) is 6.78. The van der Waals surface area contributed by atoms with E-state index >= 15 is 0 Å². The fourth-order valence-corrected chi connectivity index (χ4v) is 3.60. The highest BCUT2D eigenvalue weighted by atomic mass is 32.1. The number of aromatic nitrogens is 2. The van der Waals surface area contributed by atoms with Crippen LogP contribution in [0.15, 0.2) is 11.4 Å². The summed E-state index contributed by atoms with van der Waals surface area (Å²) in [5.74, 6) is 0. The average Bonchev–Trinajstić information content (AvgIpc) is 2.94. The second kappa shape index (κ2) is 6.14. The van der Waals surface area contributed by atoms with E-state index in [4.69, 9.17) is 9.97 Å². The Morgan fingerprint density at radius 2 is 2.10 bits per heavy atom. The lowest BCUT2D eigenvalue weighted by molar-refractivity contribution is 0.666. The lowest BCUT2D eigenvalue weighted by atomic mass is 9.93. The van der Waals surface area contributed by atoms with Crippen LogP contribution in [0.25, 0.3) is 11.3 Å². The van der Waals surface area contributed by atoms with Crippen LogP contribution in [-0.2, 0) is 12.8 Å². The first kappa shape index (κ1) is 14.5. The molecule has 0 aliphatic heterocycles. The van der Waals surface area contributed by atoms with Crippen molar-refractivity contribution in [2.45, 2.75) is 58.9 Å². The SMILES string of the molecule is CCC(C)Nc1nc(-c2cc3c(nc2C)CCCC3)cs1. The fraction of sp³-hybridized carbons (Fsp3) is 0.529. The van der Waals surface area contributed by atoms with Crippen LogP contribution in [0.1, 0.15) is 50.1 Å². The lowest BCUT2D eigenvalue weighted by Gasteiger charge is -2.17. The zero-order valence-corrected chi connectivity index (χ0v) is 13.9. The van der Waals surface area contributed by atoms with Gasteiger partial charge in [0.05, 0.1) is 5.69 Å². The van der Waals surface area contributed by atoms with Crippen molar-refractivity contribution in [3.05, 3.63) is 28.4 Å².